The molecule has 0 spiro atoms. The van der Waals surface area contributed by atoms with E-state index in [9.17, 15) is 19.8 Å². The molecule has 0 bridgehead atoms. The summed E-state index contributed by atoms with van der Waals surface area (Å²) in [5.41, 5.74) is -0.220. The second-order valence-electron chi connectivity index (χ2n) is 8.81. The highest BCUT2D eigenvalue weighted by molar-refractivity contribution is 5.98. The number of carbonyl (C=O) groups is 2. The van der Waals surface area contributed by atoms with E-state index in [0.29, 0.717) is 12.0 Å². The molecule has 7 heteroatoms. The molecule has 0 saturated carbocycles. The summed E-state index contributed by atoms with van der Waals surface area (Å²) in [7, 11) is 0. The molecule has 1 aromatic heterocycles. The Balaban J connectivity index is 2.21. The molecule has 1 aliphatic rings. The van der Waals surface area contributed by atoms with Crippen LogP contribution < -0.4 is 5.32 Å². The maximum absolute atomic E-state index is 12.9. The summed E-state index contributed by atoms with van der Waals surface area (Å²) in [6, 6.07) is 2.07. The number of aliphatic hydroxyl groups excluding tert-OH is 2. The summed E-state index contributed by atoms with van der Waals surface area (Å²) in [6.07, 6.45) is 1.16. The summed E-state index contributed by atoms with van der Waals surface area (Å²) in [5.74, 6) is -0.914. The minimum atomic E-state index is -1.33. The van der Waals surface area contributed by atoms with Gasteiger partial charge < -0.3 is 20.4 Å². The maximum Gasteiger partial charge on any atom is 0.256 e. The Labute approximate surface area is 154 Å². The molecule has 26 heavy (non-hydrogen) atoms. The summed E-state index contributed by atoms with van der Waals surface area (Å²) in [4.78, 5) is 30.7. The Morgan fingerprint density at radius 3 is 2.46 bits per heavy atom. The smallest absolute Gasteiger partial charge is 0.256 e. The van der Waals surface area contributed by atoms with Crippen LogP contribution in [0, 0.1) is 5.41 Å². The lowest BCUT2D eigenvalue weighted by molar-refractivity contribution is -0.129. The minimum Gasteiger partial charge on any atom is -0.388 e. The average Bonchev–Trinajstić information content (AvgIpc) is 2.80. The number of nitrogens with one attached hydrogen (secondary N) is 1. The van der Waals surface area contributed by atoms with Crippen molar-refractivity contribution in [2.45, 2.75) is 64.8 Å². The molecule has 0 aliphatic carbocycles. The zero-order valence-electron chi connectivity index (χ0n) is 16.1. The Morgan fingerprint density at radius 1 is 1.27 bits per heavy atom. The van der Waals surface area contributed by atoms with Crippen LogP contribution in [0.1, 0.15) is 51.4 Å². The Morgan fingerprint density at radius 2 is 1.92 bits per heavy atom. The number of rotatable bonds is 4. The molecule has 3 atom stereocenters. The molecule has 1 saturated heterocycles. The third-order valence-electron chi connectivity index (χ3n) is 4.31. The first-order chi connectivity index (χ1) is 11.9. The molecule has 0 aromatic carbocycles. The van der Waals surface area contributed by atoms with Crippen molar-refractivity contribution in [2.24, 2.45) is 5.41 Å². The zero-order valence-corrected chi connectivity index (χ0v) is 16.1. The van der Waals surface area contributed by atoms with Gasteiger partial charge in [-0.2, -0.15) is 0 Å². The van der Waals surface area contributed by atoms with E-state index < -0.39 is 35.6 Å². The number of pyridine rings is 1. The fraction of sp³-hybridized carbons (Fsp3) is 0.632. The lowest BCUT2D eigenvalue weighted by Gasteiger charge is -2.35. The van der Waals surface area contributed by atoms with Crippen molar-refractivity contribution in [2.75, 3.05) is 6.54 Å². The number of β-amino-alcohol motifs (C(OH)–C–C–N with tert-alkyl or cyclic N) is 1. The molecular formula is C19H29N3O4. The van der Waals surface area contributed by atoms with Crippen molar-refractivity contribution in [1.29, 1.82) is 0 Å². The molecule has 144 valence electrons. The van der Waals surface area contributed by atoms with E-state index in [1.165, 1.54) is 11.1 Å². The van der Waals surface area contributed by atoms with Crippen LogP contribution in [-0.4, -0.2) is 62.2 Å². The number of hydrogen-bond donors (Lipinski definition) is 3. The van der Waals surface area contributed by atoms with E-state index in [4.69, 9.17) is 0 Å². The number of amides is 2. The average molecular weight is 363 g/mol. The number of aromatic nitrogens is 1. The fourth-order valence-electron chi connectivity index (χ4n) is 3.76. The van der Waals surface area contributed by atoms with Gasteiger partial charge in [-0.05, 0) is 37.8 Å². The maximum atomic E-state index is 12.9. The number of nitrogens with zero attached hydrogens (tertiary/aromatic N) is 2. The minimum absolute atomic E-state index is 0.00417. The lowest BCUT2D eigenvalue weighted by atomic mass is 9.81. The molecule has 3 N–H and O–H groups in total. The number of likely N-dealkylation sites (tertiary alicyclic amines) is 1. The Kier molecular flexibility index (Phi) is 5.73. The lowest BCUT2D eigenvalue weighted by Crippen LogP contribution is -2.56. The standard InChI is InChI=1S/C19H29N3O4/c1-18(2,3)11-19(4,5)21-16(25)14-15(24)13(23)10-22(14)17(26)12-7-6-8-20-9-12/h6-9,13-15,23-24H,10-11H2,1-5H3,(H,21,25)/t13-,14-,15-/m0/s1. The molecule has 1 fully saturated rings. The van der Waals surface area contributed by atoms with Crippen molar-refractivity contribution in [3.8, 4) is 0 Å². The molecular weight excluding hydrogens is 334 g/mol. The van der Waals surface area contributed by atoms with Crippen molar-refractivity contribution in [3.63, 3.8) is 0 Å². The normalized spacial score (nSPS) is 23.8. The molecule has 2 heterocycles. The van der Waals surface area contributed by atoms with Crippen LogP contribution in [0.25, 0.3) is 0 Å². The molecule has 1 aromatic rings. The molecule has 7 nitrogen and oxygen atoms in total. The SMILES string of the molecule is CC(C)(C)CC(C)(C)NC(=O)[C@@H]1[C@@H](O)[C@@H](O)CN1C(=O)c1cccnc1. The van der Waals surface area contributed by atoms with Gasteiger partial charge in [0.15, 0.2) is 0 Å². The van der Waals surface area contributed by atoms with Crippen molar-refractivity contribution < 1.29 is 19.8 Å². The molecule has 2 amide bonds. The van der Waals surface area contributed by atoms with Gasteiger partial charge in [0.05, 0.1) is 12.1 Å². The zero-order chi connectivity index (χ0) is 19.7. The van der Waals surface area contributed by atoms with Crippen LogP contribution in [0.15, 0.2) is 24.5 Å². The van der Waals surface area contributed by atoms with Gasteiger partial charge in [-0.15, -0.1) is 0 Å². The molecule has 1 aliphatic heterocycles. The van der Waals surface area contributed by atoms with Crippen LogP contribution in [0.5, 0.6) is 0 Å². The van der Waals surface area contributed by atoms with Crippen LogP contribution in [0.4, 0.5) is 0 Å². The third-order valence-corrected chi connectivity index (χ3v) is 4.31. The highest BCUT2D eigenvalue weighted by Crippen LogP contribution is 2.28. The van der Waals surface area contributed by atoms with Gasteiger partial charge in [0, 0.05) is 17.9 Å². The highest BCUT2D eigenvalue weighted by Gasteiger charge is 2.47. The molecule has 0 radical (unpaired) electrons. The van der Waals surface area contributed by atoms with Crippen LogP contribution in [0.2, 0.25) is 0 Å². The first-order valence-corrected chi connectivity index (χ1v) is 8.80. The summed E-state index contributed by atoms with van der Waals surface area (Å²) >= 11 is 0. The van der Waals surface area contributed by atoms with E-state index in [1.807, 2.05) is 13.8 Å². The first-order valence-electron chi connectivity index (χ1n) is 8.80. The summed E-state index contributed by atoms with van der Waals surface area (Å²) in [6.45, 7) is 9.93. The topological polar surface area (TPSA) is 103 Å². The van der Waals surface area contributed by atoms with Gasteiger partial charge in [0.2, 0.25) is 5.91 Å². The molecule has 2 rings (SSSR count). The predicted molar refractivity (Wildman–Crippen MR) is 97.4 cm³/mol. The van der Waals surface area contributed by atoms with Crippen molar-refractivity contribution in [3.05, 3.63) is 30.1 Å². The quantitative estimate of drug-likeness (QED) is 0.739. The second kappa shape index (κ2) is 7.32. The fourth-order valence-corrected chi connectivity index (χ4v) is 3.76. The van der Waals surface area contributed by atoms with Crippen molar-refractivity contribution in [1.82, 2.24) is 15.2 Å². The van der Waals surface area contributed by atoms with Gasteiger partial charge in [0.1, 0.15) is 18.2 Å². The summed E-state index contributed by atoms with van der Waals surface area (Å²) in [5, 5.41) is 23.3. The first kappa shape index (κ1) is 20.3. The highest BCUT2D eigenvalue weighted by atomic mass is 16.3. The second-order valence-corrected chi connectivity index (χ2v) is 8.81. The van der Waals surface area contributed by atoms with Crippen LogP contribution >= 0.6 is 0 Å². The number of carbonyl (C=O) groups excluding carboxylic acids is 2. The largest absolute Gasteiger partial charge is 0.388 e. The Bertz CT molecular complexity index is 654. The van der Waals surface area contributed by atoms with E-state index >= 15 is 0 Å². The van der Waals surface area contributed by atoms with Crippen LogP contribution in [0.3, 0.4) is 0 Å². The van der Waals surface area contributed by atoms with E-state index in [0.717, 1.165) is 0 Å². The molecule has 0 unspecified atom stereocenters. The number of aliphatic hydroxyl groups is 2. The monoisotopic (exact) mass is 363 g/mol. The Hall–Kier alpha value is -1.99. The van der Waals surface area contributed by atoms with Gasteiger partial charge in [-0.3, -0.25) is 14.6 Å². The van der Waals surface area contributed by atoms with Crippen molar-refractivity contribution >= 4 is 11.8 Å². The van der Waals surface area contributed by atoms with Crippen LogP contribution in [-0.2, 0) is 4.79 Å². The number of hydrogen-bond acceptors (Lipinski definition) is 5. The van der Waals surface area contributed by atoms with Gasteiger partial charge >= 0.3 is 0 Å². The van der Waals surface area contributed by atoms with Gasteiger partial charge in [-0.1, -0.05) is 20.8 Å². The van der Waals surface area contributed by atoms with E-state index in [2.05, 4.69) is 31.1 Å². The predicted octanol–water partition coefficient (Wildman–Crippen LogP) is 0.959. The summed E-state index contributed by atoms with van der Waals surface area (Å²) < 4.78 is 0. The van der Waals surface area contributed by atoms with E-state index in [-0.39, 0.29) is 12.0 Å². The van der Waals surface area contributed by atoms with Gasteiger partial charge in [-0.25, -0.2) is 0 Å². The van der Waals surface area contributed by atoms with E-state index in [1.54, 1.807) is 18.3 Å². The van der Waals surface area contributed by atoms with Gasteiger partial charge in [0.25, 0.3) is 5.91 Å². The third kappa shape index (κ3) is 4.80.